The molecular formula is C24H22N2O4S2. The highest BCUT2D eigenvalue weighted by Gasteiger charge is 2.19. The fourth-order valence-corrected chi connectivity index (χ4v) is 4.85. The minimum atomic E-state index is -3.68. The summed E-state index contributed by atoms with van der Waals surface area (Å²) in [5.74, 6) is -0.0446. The Labute approximate surface area is 192 Å². The molecule has 32 heavy (non-hydrogen) atoms. The van der Waals surface area contributed by atoms with Crippen LogP contribution in [0.15, 0.2) is 116 Å². The quantitative estimate of drug-likeness (QED) is 0.124. The van der Waals surface area contributed by atoms with Crippen LogP contribution in [-0.4, -0.2) is 26.7 Å². The summed E-state index contributed by atoms with van der Waals surface area (Å²) < 4.78 is 31.2. The first-order valence-electron chi connectivity index (χ1n) is 9.74. The maximum Gasteiger partial charge on any atom is 0.333 e. The van der Waals surface area contributed by atoms with Crippen molar-refractivity contribution in [3.05, 3.63) is 91.0 Å². The molecule has 0 aliphatic heterocycles. The second-order valence-electron chi connectivity index (χ2n) is 6.75. The molecule has 0 saturated heterocycles. The van der Waals surface area contributed by atoms with E-state index in [0.29, 0.717) is 27.6 Å². The van der Waals surface area contributed by atoms with E-state index in [1.807, 2.05) is 30.3 Å². The van der Waals surface area contributed by atoms with Crippen molar-refractivity contribution in [2.24, 2.45) is 10.2 Å². The number of nitrogens with zero attached hydrogens (tertiary/aromatic N) is 2. The number of rotatable bonds is 9. The minimum absolute atomic E-state index is 0.154. The molecule has 8 heteroatoms. The number of ether oxygens (including phenoxy) is 1. The van der Waals surface area contributed by atoms with E-state index in [1.165, 1.54) is 17.8 Å². The largest absolute Gasteiger partial charge is 0.461 e. The summed E-state index contributed by atoms with van der Waals surface area (Å²) in [6, 6.07) is 22.2. The van der Waals surface area contributed by atoms with Crippen molar-refractivity contribution >= 4 is 38.9 Å². The molecule has 0 fully saturated rings. The number of hydrogen-bond donors (Lipinski definition) is 0. The molecule has 3 aromatic rings. The third-order valence-corrected chi connectivity index (χ3v) is 7.02. The number of sulfone groups is 1. The summed E-state index contributed by atoms with van der Waals surface area (Å²) in [5, 5.41) is 8.53. The second kappa shape index (κ2) is 10.9. The molecule has 0 unspecified atom stereocenters. The van der Waals surface area contributed by atoms with E-state index in [2.05, 4.69) is 16.8 Å². The van der Waals surface area contributed by atoms with Gasteiger partial charge in [0.05, 0.1) is 21.2 Å². The van der Waals surface area contributed by atoms with Crippen LogP contribution in [0, 0.1) is 0 Å². The Balaban J connectivity index is 1.88. The van der Waals surface area contributed by atoms with Gasteiger partial charge in [-0.15, -0.1) is 16.9 Å². The van der Waals surface area contributed by atoms with E-state index in [-0.39, 0.29) is 16.4 Å². The van der Waals surface area contributed by atoms with Gasteiger partial charge in [0.25, 0.3) is 0 Å². The van der Waals surface area contributed by atoms with Crippen LogP contribution in [0.25, 0.3) is 0 Å². The molecule has 164 valence electrons. The van der Waals surface area contributed by atoms with E-state index in [0.717, 1.165) is 0 Å². The van der Waals surface area contributed by atoms with E-state index in [4.69, 9.17) is 4.74 Å². The van der Waals surface area contributed by atoms with Gasteiger partial charge in [-0.05, 0) is 49.4 Å². The van der Waals surface area contributed by atoms with E-state index >= 15 is 0 Å². The van der Waals surface area contributed by atoms with Gasteiger partial charge in [0.2, 0.25) is 9.84 Å². The second-order valence-corrected chi connectivity index (χ2v) is 9.83. The highest BCUT2D eigenvalue weighted by molar-refractivity contribution is 7.99. The lowest BCUT2D eigenvalue weighted by molar-refractivity contribution is -0.138. The number of azo groups is 1. The molecule has 0 saturated carbocycles. The number of carbonyl (C=O) groups excluding carboxylic acids is 1. The molecule has 6 nitrogen and oxygen atoms in total. The number of thioether (sulfide) groups is 1. The summed E-state index contributed by atoms with van der Waals surface area (Å²) in [4.78, 5) is 12.6. The highest BCUT2D eigenvalue weighted by atomic mass is 32.2. The number of hydrogen-bond acceptors (Lipinski definition) is 7. The van der Waals surface area contributed by atoms with Crippen LogP contribution in [0.1, 0.15) is 6.92 Å². The van der Waals surface area contributed by atoms with Gasteiger partial charge in [0.15, 0.2) is 0 Å². The zero-order valence-electron chi connectivity index (χ0n) is 17.5. The van der Waals surface area contributed by atoms with Crippen molar-refractivity contribution < 1.29 is 17.9 Å². The molecule has 3 rings (SSSR count). The van der Waals surface area contributed by atoms with Gasteiger partial charge in [0.1, 0.15) is 6.61 Å². The SMILES string of the molecule is C=C(C)C(=O)OCCSc1cc(S(=O)(=O)c2ccccc2)ccc1N=Nc1ccccc1. The maximum atomic E-state index is 13.0. The Bertz CT molecular complexity index is 1230. The third kappa shape index (κ3) is 6.15. The van der Waals surface area contributed by atoms with Crippen LogP contribution in [0.3, 0.4) is 0 Å². The van der Waals surface area contributed by atoms with Gasteiger partial charge in [0, 0.05) is 16.2 Å². The Morgan fingerprint density at radius 3 is 2.25 bits per heavy atom. The van der Waals surface area contributed by atoms with Gasteiger partial charge in [-0.1, -0.05) is 43.0 Å². The Hall–Kier alpha value is -3.23. The molecule has 0 N–H and O–H groups in total. The first kappa shape index (κ1) is 23.4. The molecule has 0 atom stereocenters. The predicted molar refractivity (Wildman–Crippen MR) is 125 cm³/mol. The zero-order chi connectivity index (χ0) is 23.0. The third-order valence-electron chi connectivity index (χ3n) is 4.25. The van der Waals surface area contributed by atoms with Crippen molar-refractivity contribution in [3.63, 3.8) is 0 Å². The van der Waals surface area contributed by atoms with Crippen LogP contribution >= 0.6 is 11.8 Å². The van der Waals surface area contributed by atoms with Crippen molar-refractivity contribution in [1.29, 1.82) is 0 Å². The summed E-state index contributed by atoms with van der Waals surface area (Å²) >= 11 is 1.34. The van der Waals surface area contributed by atoms with Gasteiger partial charge in [-0.25, -0.2) is 13.2 Å². The fraction of sp³-hybridized carbons (Fsp3) is 0.125. The number of carbonyl (C=O) groups is 1. The summed E-state index contributed by atoms with van der Waals surface area (Å²) in [7, 11) is -3.68. The lowest BCUT2D eigenvalue weighted by Gasteiger charge is -2.10. The van der Waals surface area contributed by atoms with Gasteiger partial charge in [-0.3, -0.25) is 0 Å². The minimum Gasteiger partial charge on any atom is -0.461 e. The number of esters is 1. The van der Waals surface area contributed by atoms with Crippen molar-refractivity contribution in [3.8, 4) is 0 Å². The van der Waals surface area contributed by atoms with Gasteiger partial charge in [-0.2, -0.15) is 5.11 Å². The smallest absolute Gasteiger partial charge is 0.333 e. The first-order chi connectivity index (χ1) is 15.4. The van der Waals surface area contributed by atoms with Crippen molar-refractivity contribution in [2.45, 2.75) is 21.6 Å². The molecule has 0 amide bonds. The molecule has 0 bridgehead atoms. The average Bonchev–Trinajstić information content (AvgIpc) is 2.81. The molecule has 0 radical (unpaired) electrons. The summed E-state index contributed by atoms with van der Waals surface area (Å²) in [6.07, 6.45) is 0. The van der Waals surface area contributed by atoms with E-state index < -0.39 is 15.8 Å². The summed E-state index contributed by atoms with van der Waals surface area (Å²) in [5.41, 5.74) is 1.53. The first-order valence-corrected chi connectivity index (χ1v) is 12.2. The van der Waals surface area contributed by atoms with Crippen molar-refractivity contribution in [2.75, 3.05) is 12.4 Å². The molecule has 0 aliphatic carbocycles. The molecule has 0 heterocycles. The van der Waals surface area contributed by atoms with E-state index in [1.54, 1.807) is 49.4 Å². The normalized spacial score (nSPS) is 11.4. The molecule has 0 spiro atoms. The number of benzene rings is 3. The van der Waals surface area contributed by atoms with Crippen molar-refractivity contribution in [1.82, 2.24) is 0 Å². The molecule has 0 aliphatic rings. The molecule has 3 aromatic carbocycles. The topological polar surface area (TPSA) is 85.2 Å². The highest BCUT2D eigenvalue weighted by Crippen LogP contribution is 2.34. The monoisotopic (exact) mass is 466 g/mol. The Morgan fingerprint density at radius 1 is 0.938 bits per heavy atom. The van der Waals surface area contributed by atoms with Gasteiger partial charge >= 0.3 is 5.97 Å². The standard InChI is InChI=1S/C24H22N2O4S2/c1-18(2)24(27)30-15-16-31-23-17-21(32(28,29)20-11-7-4-8-12-20)13-14-22(23)26-25-19-9-5-3-6-10-19/h3-14,17H,1,15-16H2,2H3. The molecule has 0 aromatic heterocycles. The maximum absolute atomic E-state index is 13.0. The molecular weight excluding hydrogens is 444 g/mol. The predicted octanol–water partition coefficient (Wildman–Crippen LogP) is 6.15. The van der Waals surface area contributed by atoms with Crippen LogP contribution < -0.4 is 0 Å². The Morgan fingerprint density at radius 2 is 1.59 bits per heavy atom. The lowest BCUT2D eigenvalue weighted by atomic mass is 10.3. The van der Waals surface area contributed by atoms with Crippen LogP contribution in [0.2, 0.25) is 0 Å². The fourth-order valence-electron chi connectivity index (χ4n) is 2.61. The van der Waals surface area contributed by atoms with E-state index in [9.17, 15) is 13.2 Å². The zero-order valence-corrected chi connectivity index (χ0v) is 19.1. The van der Waals surface area contributed by atoms with Crippen LogP contribution in [0.4, 0.5) is 11.4 Å². The van der Waals surface area contributed by atoms with Crippen LogP contribution in [0.5, 0.6) is 0 Å². The van der Waals surface area contributed by atoms with Gasteiger partial charge < -0.3 is 4.74 Å². The lowest BCUT2D eigenvalue weighted by Crippen LogP contribution is -2.07. The Kier molecular flexibility index (Phi) is 7.97. The summed E-state index contributed by atoms with van der Waals surface area (Å²) in [6.45, 7) is 5.28. The van der Waals surface area contributed by atoms with Crippen LogP contribution in [-0.2, 0) is 19.4 Å². The average molecular weight is 467 g/mol.